The quantitative estimate of drug-likeness (QED) is 0.469. The number of aliphatic imine (C=N–C) groups is 1. The molecule has 0 spiro atoms. The smallest absolute Gasteiger partial charge is 0.188 e. The number of guanidine groups is 1. The number of hydrogen-bond acceptors (Lipinski definition) is 2. The van der Waals surface area contributed by atoms with Crippen molar-refractivity contribution in [1.29, 1.82) is 0 Å². The molecule has 1 atom stereocenters. The first-order valence-electron chi connectivity index (χ1n) is 6.03. The number of ether oxygens (including phenoxy) is 1. The maximum atomic E-state index is 12.8. The van der Waals surface area contributed by atoms with E-state index in [1.165, 1.54) is 12.1 Å². The van der Waals surface area contributed by atoms with Gasteiger partial charge >= 0.3 is 0 Å². The number of methoxy groups -OCH3 is 1. The molecule has 1 aliphatic carbocycles. The molecule has 106 valence electrons. The predicted molar refractivity (Wildman–Crippen MR) is 84.2 cm³/mol. The van der Waals surface area contributed by atoms with Crippen LogP contribution in [0.15, 0.2) is 29.3 Å². The number of nitrogens with one attached hydrogen (secondary N) is 1. The van der Waals surface area contributed by atoms with Crippen LogP contribution in [0.3, 0.4) is 0 Å². The van der Waals surface area contributed by atoms with E-state index in [1.807, 2.05) is 0 Å². The van der Waals surface area contributed by atoms with Gasteiger partial charge in [-0.05, 0) is 30.5 Å². The second kappa shape index (κ2) is 7.64. The molecule has 6 heteroatoms. The molecule has 0 amide bonds. The lowest BCUT2D eigenvalue weighted by Gasteiger charge is -2.14. The largest absolute Gasteiger partial charge is 0.375 e. The highest BCUT2D eigenvalue weighted by molar-refractivity contribution is 14.0. The zero-order valence-corrected chi connectivity index (χ0v) is 13.1. The molecule has 19 heavy (non-hydrogen) atoms. The van der Waals surface area contributed by atoms with Crippen LogP contribution in [0.5, 0.6) is 0 Å². The van der Waals surface area contributed by atoms with Gasteiger partial charge in [-0.25, -0.2) is 4.39 Å². The van der Waals surface area contributed by atoms with Crippen molar-refractivity contribution < 1.29 is 9.13 Å². The van der Waals surface area contributed by atoms with E-state index in [0.717, 1.165) is 18.4 Å². The van der Waals surface area contributed by atoms with Gasteiger partial charge in [-0.3, -0.25) is 4.99 Å². The van der Waals surface area contributed by atoms with E-state index in [1.54, 1.807) is 19.2 Å². The van der Waals surface area contributed by atoms with Crippen LogP contribution < -0.4 is 11.1 Å². The van der Waals surface area contributed by atoms with Gasteiger partial charge in [0.15, 0.2) is 5.96 Å². The first-order chi connectivity index (χ1) is 8.69. The van der Waals surface area contributed by atoms with Crippen molar-refractivity contribution >= 4 is 29.9 Å². The Morgan fingerprint density at radius 2 is 2.11 bits per heavy atom. The maximum absolute atomic E-state index is 12.8. The summed E-state index contributed by atoms with van der Waals surface area (Å²) in [5.41, 5.74) is 6.63. The van der Waals surface area contributed by atoms with Gasteiger partial charge < -0.3 is 15.8 Å². The monoisotopic (exact) mass is 379 g/mol. The van der Waals surface area contributed by atoms with Crippen molar-refractivity contribution in [2.24, 2.45) is 10.7 Å². The molecule has 2 rings (SSSR count). The fraction of sp³-hybridized carbons (Fsp3) is 0.462. The van der Waals surface area contributed by atoms with Crippen molar-refractivity contribution in [2.75, 3.05) is 13.7 Å². The van der Waals surface area contributed by atoms with Gasteiger partial charge in [-0.2, -0.15) is 0 Å². The Bertz CT molecular complexity index is 420. The lowest BCUT2D eigenvalue weighted by atomic mass is 10.1. The molecule has 0 aliphatic heterocycles. The van der Waals surface area contributed by atoms with E-state index in [2.05, 4.69) is 10.3 Å². The summed E-state index contributed by atoms with van der Waals surface area (Å²) in [6.45, 7) is 0.424. The minimum atomic E-state index is -0.257. The summed E-state index contributed by atoms with van der Waals surface area (Å²) in [6, 6.07) is 6.71. The van der Waals surface area contributed by atoms with Crippen LogP contribution in [0, 0.1) is 5.82 Å². The Morgan fingerprint density at radius 3 is 2.63 bits per heavy atom. The molecule has 1 unspecified atom stereocenters. The number of benzene rings is 1. The molecule has 0 aromatic heterocycles. The number of hydrogen-bond donors (Lipinski definition) is 2. The van der Waals surface area contributed by atoms with Crippen LogP contribution >= 0.6 is 24.0 Å². The third-order valence-electron chi connectivity index (χ3n) is 2.88. The van der Waals surface area contributed by atoms with Crippen molar-refractivity contribution in [1.82, 2.24) is 5.32 Å². The highest BCUT2D eigenvalue weighted by atomic mass is 127. The van der Waals surface area contributed by atoms with Gasteiger partial charge in [0.25, 0.3) is 0 Å². The van der Waals surface area contributed by atoms with Gasteiger partial charge in [-0.1, -0.05) is 12.1 Å². The predicted octanol–water partition coefficient (Wildman–Crippen LogP) is 2.20. The Labute approximate surface area is 129 Å². The van der Waals surface area contributed by atoms with E-state index >= 15 is 0 Å². The molecule has 3 N–H and O–H groups in total. The molecule has 1 aliphatic rings. The highest BCUT2D eigenvalue weighted by Gasteiger charge is 2.21. The Morgan fingerprint density at radius 1 is 1.47 bits per heavy atom. The first-order valence-corrected chi connectivity index (χ1v) is 6.03. The number of halogens is 2. The number of nitrogens with two attached hydrogens (primary N) is 1. The van der Waals surface area contributed by atoms with Gasteiger partial charge in [0.2, 0.25) is 0 Å². The molecule has 1 fully saturated rings. The molecule has 0 heterocycles. The van der Waals surface area contributed by atoms with Gasteiger partial charge in [0, 0.05) is 13.2 Å². The Balaban J connectivity index is 0.00000180. The standard InChI is InChI=1S/C13H18FN3O.HI/c1-18-12(9-2-4-10(14)5-3-9)8-16-13(15)17-11-6-7-11;/h2-5,11-12H,6-8H2,1H3,(H3,15,16,17);1H. The highest BCUT2D eigenvalue weighted by Crippen LogP contribution is 2.19. The zero-order valence-electron chi connectivity index (χ0n) is 10.8. The van der Waals surface area contributed by atoms with Crippen LogP contribution in [0.25, 0.3) is 0 Å². The summed E-state index contributed by atoms with van der Waals surface area (Å²) in [5, 5.41) is 3.11. The molecular weight excluding hydrogens is 360 g/mol. The van der Waals surface area contributed by atoms with E-state index in [-0.39, 0.29) is 35.9 Å². The average molecular weight is 379 g/mol. The minimum absolute atomic E-state index is 0. The van der Waals surface area contributed by atoms with E-state index < -0.39 is 0 Å². The molecule has 1 aromatic carbocycles. The van der Waals surface area contributed by atoms with Crippen molar-refractivity contribution in [3.8, 4) is 0 Å². The lowest BCUT2D eigenvalue weighted by Crippen LogP contribution is -2.33. The first kappa shape index (κ1) is 16.2. The Kier molecular flexibility index (Phi) is 6.50. The summed E-state index contributed by atoms with van der Waals surface area (Å²) in [5.74, 6) is 0.189. The van der Waals surface area contributed by atoms with E-state index in [4.69, 9.17) is 10.5 Å². The third kappa shape index (κ3) is 5.32. The molecule has 0 radical (unpaired) electrons. The van der Waals surface area contributed by atoms with Crippen LogP contribution in [0.2, 0.25) is 0 Å². The zero-order chi connectivity index (χ0) is 13.0. The van der Waals surface area contributed by atoms with E-state index in [0.29, 0.717) is 18.5 Å². The van der Waals surface area contributed by atoms with Crippen LogP contribution in [-0.4, -0.2) is 25.7 Å². The summed E-state index contributed by atoms with van der Waals surface area (Å²) in [7, 11) is 1.61. The van der Waals surface area contributed by atoms with Gasteiger partial charge in [0.1, 0.15) is 11.9 Å². The molecule has 4 nitrogen and oxygen atoms in total. The summed E-state index contributed by atoms with van der Waals surface area (Å²) in [4.78, 5) is 4.24. The molecule has 0 bridgehead atoms. The third-order valence-corrected chi connectivity index (χ3v) is 2.88. The fourth-order valence-electron chi connectivity index (χ4n) is 1.66. The van der Waals surface area contributed by atoms with Crippen LogP contribution in [0.4, 0.5) is 4.39 Å². The summed E-state index contributed by atoms with van der Waals surface area (Å²) in [6.07, 6.45) is 2.11. The van der Waals surface area contributed by atoms with Crippen molar-refractivity contribution in [3.63, 3.8) is 0 Å². The minimum Gasteiger partial charge on any atom is -0.375 e. The van der Waals surface area contributed by atoms with Crippen LogP contribution in [0.1, 0.15) is 24.5 Å². The lowest BCUT2D eigenvalue weighted by molar-refractivity contribution is 0.111. The van der Waals surface area contributed by atoms with Crippen LogP contribution in [-0.2, 0) is 4.74 Å². The number of rotatable bonds is 5. The summed E-state index contributed by atoms with van der Waals surface area (Å²) >= 11 is 0. The second-order valence-corrected chi connectivity index (χ2v) is 4.42. The SMILES string of the molecule is COC(CN=C(N)NC1CC1)c1ccc(F)cc1.I. The normalized spacial score (nSPS) is 16.6. The summed E-state index contributed by atoms with van der Waals surface area (Å²) < 4.78 is 18.2. The molecule has 1 saturated carbocycles. The van der Waals surface area contributed by atoms with Gasteiger partial charge in [-0.15, -0.1) is 24.0 Å². The van der Waals surface area contributed by atoms with E-state index in [9.17, 15) is 4.39 Å². The van der Waals surface area contributed by atoms with Crippen molar-refractivity contribution in [2.45, 2.75) is 25.0 Å². The Hall–Kier alpha value is -0.890. The van der Waals surface area contributed by atoms with Crippen molar-refractivity contribution in [3.05, 3.63) is 35.6 Å². The topological polar surface area (TPSA) is 59.6 Å². The fourth-order valence-corrected chi connectivity index (χ4v) is 1.66. The second-order valence-electron chi connectivity index (χ2n) is 4.42. The molecule has 1 aromatic rings. The number of nitrogens with zero attached hydrogens (tertiary/aromatic N) is 1. The molecular formula is C13H19FIN3O. The average Bonchev–Trinajstić information content (AvgIpc) is 3.16. The maximum Gasteiger partial charge on any atom is 0.188 e. The van der Waals surface area contributed by atoms with Gasteiger partial charge in [0.05, 0.1) is 6.54 Å². The molecule has 0 saturated heterocycles.